The number of benzene rings is 2. The minimum Gasteiger partial charge on any atom is -0.398 e. The first-order chi connectivity index (χ1) is 8.70. The van der Waals surface area contributed by atoms with Crippen LogP contribution in [0.2, 0.25) is 0 Å². The average Bonchev–Trinajstić information content (AvgIpc) is 2.39. The van der Waals surface area contributed by atoms with E-state index < -0.39 is 0 Å². The van der Waals surface area contributed by atoms with Crippen molar-refractivity contribution >= 4 is 17.3 Å². The third-order valence-corrected chi connectivity index (χ3v) is 2.80. The topological polar surface area (TPSA) is 55.1 Å². The standard InChI is InChI=1S/C15H16N2O/c1-2-11-6-5-7-12(10-11)17-15(18)13-8-3-4-9-14(13)16/h3-10H,2,16H2,1H3,(H,17,18). The Bertz CT molecular complexity index is 564. The molecule has 0 saturated heterocycles. The molecule has 0 radical (unpaired) electrons. The van der Waals surface area contributed by atoms with Crippen LogP contribution in [-0.4, -0.2) is 5.91 Å². The van der Waals surface area contributed by atoms with Crippen molar-refractivity contribution in [3.05, 3.63) is 59.7 Å². The molecule has 0 saturated carbocycles. The number of nitrogens with two attached hydrogens (primary N) is 1. The summed E-state index contributed by atoms with van der Waals surface area (Å²) in [7, 11) is 0. The number of carbonyl (C=O) groups is 1. The molecule has 2 rings (SSSR count). The molecule has 0 spiro atoms. The Morgan fingerprint density at radius 2 is 1.94 bits per heavy atom. The SMILES string of the molecule is CCc1cccc(NC(=O)c2ccccc2N)c1. The summed E-state index contributed by atoms with van der Waals surface area (Å²) in [6.45, 7) is 2.08. The normalized spacial score (nSPS) is 10.1. The van der Waals surface area contributed by atoms with Gasteiger partial charge in [0, 0.05) is 11.4 Å². The van der Waals surface area contributed by atoms with Gasteiger partial charge in [-0.25, -0.2) is 0 Å². The summed E-state index contributed by atoms with van der Waals surface area (Å²) in [6, 6.07) is 14.9. The molecule has 0 aliphatic carbocycles. The highest BCUT2D eigenvalue weighted by atomic mass is 16.1. The van der Waals surface area contributed by atoms with Crippen LogP contribution >= 0.6 is 0 Å². The third-order valence-electron chi connectivity index (χ3n) is 2.80. The summed E-state index contributed by atoms with van der Waals surface area (Å²) < 4.78 is 0. The first-order valence-corrected chi connectivity index (χ1v) is 5.95. The van der Waals surface area contributed by atoms with E-state index in [9.17, 15) is 4.79 Å². The van der Waals surface area contributed by atoms with Crippen molar-refractivity contribution in [2.24, 2.45) is 0 Å². The summed E-state index contributed by atoms with van der Waals surface area (Å²) in [5.74, 6) is -0.179. The Morgan fingerprint density at radius 1 is 1.17 bits per heavy atom. The Hall–Kier alpha value is -2.29. The smallest absolute Gasteiger partial charge is 0.257 e. The lowest BCUT2D eigenvalue weighted by atomic mass is 10.1. The fourth-order valence-corrected chi connectivity index (χ4v) is 1.77. The highest BCUT2D eigenvalue weighted by Gasteiger charge is 2.08. The highest BCUT2D eigenvalue weighted by molar-refractivity contribution is 6.07. The van der Waals surface area contributed by atoms with Gasteiger partial charge >= 0.3 is 0 Å². The predicted octanol–water partition coefficient (Wildman–Crippen LogP) is 3.08. The fraction of sp³-hybridized carbons (Fsp3) is 0.133. The lowest BCUT2D eigenvalue weighted by molar-refractivity contribution is 0.102. The van der Waals surface area contributed by atoms with E-state index in [2.05, 4.69) is 12.2 Å². The Labute approximate surface area is 107 Å². The first-order valence-electron chi connectivity index (χ1n) is 5.95. The lowest BCUT2D eigenvalue weighted by Crippen LogP contribution is -2.13. The van der Waals surface area contributed by atoms with Gasteiger partial charge in [-0.05, 0) is 36.2 Å². The van der Waals surface area contributed by atoms with E-state index >= 15 is 0 Å². The van der Waals surface area contributed by atoms with Crippen molar-refractivity contribution in [2.45, 2.75) is 13.3 Å². The van der Waals surface area contributed by atoms with Crippen molar-refractivity contribution in [2.75, 3.05) is 11.1 Å². The van der Waals surface area contributed by atoms with Crippen molar-refractivity contribution < 1.29 is 4.79 Å². The molecule has 0 fully saturated rings. The van der Waals surface area contributed by atoms with Crippen LogP contribution in [0.25, 0.3) is 0 Å². The maximum atomic E-state index is 12.0. The van der Waals surface area contributed by atoms with E-state index in [4.69, 9.17) is 5.73 Å². The van der Waals surface area contributed by atoms with Gasteiger partial charge in [-0.15, -0.1) is 0 Å². The Kier molecular flexibility index (Phi) is 3.63. The number of hydrogen-bond acceptors (Lipinski definition) is 2. The summed E-state index contributed by atoms with van der Waals surface area (Å²) >= 11 is 0. The minimum atomic E-state index is -0.179. The molecule has 0 atom stereocenters. The van der Waals surface area contributed by atoms with Crippen LogP contribution < -0.4 is 11.1 Å². The predicted molar refractivity (Wildman–Crippen MR) is 74.6 cm³/mol. The van der Waals surface area contributed by atoms with Crippen LogP contribution in [0.4, 0.5) is 11.4 Å². The van der Waals surface area contributed by atoms with E-state index in [1.54, 1.807) is 18.2 Å². The van der Waals surface area contributed by atoms with E-state index in [-0.39, 0.29) is 5.91 Å². The summed E-state index contributed by atoms with van der Waals surface area (Å²) in [5, 5.41) is 2.85. The molecule has 92 valence electrons. The number of nitrogens with one attached hydrogen (secondary N) is 1. The van der Waals surface area contributed by atoms with Gasteiger partial charge in [-0.3, -0.25) is 4.79 Å². The largest absolute Gasteiger partial charge is 0.398 e. The molecular weight excluding hydrogens is 224 g/mol. The number of hydrogen-bond donors (Lipinski definition) is 2. The maximum Gasteiger partial charge on any atom is 0.257 e. The fourth-order valence-electron chi connectivity index (χ4n) is 1.77. The average molecular weight is 240 g/mol. The monoisotopic (exact) mass is 240 g/mol. The summed E-state index contributed by atoms with van der Waals surface area (Å²) in [5.41, 5.74) is 8.74. The molecule has 18 heavy (non-hydrogen) atoms. The number of anilines is 2. The second-order valence-electron chi connectivity index (χ2n) is 4.10. The Balaban J connectivity index is 2.19. The van der Waals surface area contributed by atoms with Crippen LogP contribution in [0.15, 0.2) is 48.5 Å². The number of amides is 1. The molecule has 3 N–H and O–H groups in total. The maximum absolute atomic E-state index is 12.0. The number of para-hydroxylation sites is 1. The molecule has 0 aliphatic rings. The van der Waals surface area contributed by atoms with Crippen molar-refractivity contribution in [3.63, 3.8) is 0 Å². The van der Waals surface area contributed by atoms with Gasteiger partial charge in [-0.2, -0.15) is 0 Å². The molecule has 3 nitrogen and oxygen atoms in total. The van der Waals surface area contributed by atoms with Crippen LogP contribution in [0.1, 0.15) is 22.8 Å². The van der Waals surface area contributed by atoms with Gasteiger partial charge in [0.1, 0.15) is 0 Å². The van der Waals surface area contributed by atoms with Gasteiger partial charge in [0.15, 0.2) is 0 Å². The third kappa shape index (κ3) is 2.69. The molecule has 1 amide bonds. The minimum absolute atomic E-state index is 0.179. The van der Waals surface area contributed by atoms with E-state index in [0.29, 0.717) is 11.3 Å². The molecule has 0 aliphatic heterocycles. The molecule has 0 aromatic heterocycles. The second kappa shape index (κ2) is 5.36. The number of carbonyl (C=O) groups excluding carboxylic acids is 1. The summed E-state index contributed by atoms with van der Waals surface area (Å²) in [6.07, 6.45) is 0.942. The van der Waals surface area contributed by atoms with Gasteiger partial charge < -0.3 is 11.1 Å². The van der Waals surface area contributed by atoms with Crippen LogP contribution in [0, 0.1) is 0 Å². The molecule has 3 heteroatoms. The van der Waals surface area contributed by atoms with Crippen molar-refractivity contribution in [1.29, 1.82) is 0 Å². The number of aryl methyl sites for hydroxylation is 1. The second-order valence-corrected chi connectivity index (χ2v) is 4.10. The van der Waals surface area contributed by atoms with Crippen molar-refractivity contribution in [3.8, 4) is 0 Å². The lowest BCUT2D eigenvalue weighted by Gasteiger charge is -2.08. The van der Waals surface area contributed by atoms with Crippen molar-refractivity contribution in [1.82, 2.24) is 0 Å². The van der Waals surface area contributed by atoms with E-state index in [1.807, 2.05) is 30.3 Å². The number of rotatable bonds is 3. The van der Waals surface area contributed by atoms with E-state index in [1.165, 1.54) is 5.56 Å². The zero-order valence-electron chi connectivity index (χ0n) is 10.3. The zero-order valence-corrected chi connectivity index (χ0v) is 10.3. The van der Waals surface area contributed by atoms with Gasteiger partial charge in [0.05, 0.1) is 5.56 Å². The molecule has 2 aromatic carbocycles. The molecule has 2 aromatic rings. The first kappa shape index (κ1) is 12.2. The van der Waals surface area contributed by atoms with Crippen LogP contribution in [0.5, 0.6) is 0 Å². The van der Waals surface area contributed by atoms with Gasteiger partial charge in [0.25, 0.3) is 5.91 Å². The molecule has 0 unspecified atom stereocenters. The zero-order chi connectivity index (χ0) is 13.0. The molecular formula is C15H16N2O. The van der Waals surface area contributed by atoms with Crippen LogP contribution in [0.3, 0.4) is 0 Å². The van der Waals surface area contributed by atoms with Gasteiger partial charge in [0.2, 0.25) is 0 Å². The van der Waals surface area contributed by atoms with Gasteiger partial charge in [-0.1, -0.05) is 31.2 Å². The van der Waals surface area contributed by atoms with E-state index in [0.717, 1.165) is 12.1 Å². The quantitative estimate of drug-likeness (QED) is 0.810. The highest BCUT2D eigenvalue weighted by Crippen LogP contribution is 2.15. The summed E-state index contributed by atoms with van der Waals surface area (Å²) in [4.78, 5) is 12.0. The van der Waals surface area contributed by atoms with Crippen LogP contribution in [-0.2, 0) is 6.42 Å². The molecule has 0 heterocycles. The Morgan fingerprint density at radius 3 is 2.67 bits per heavy atom. The number of nitrogen functional groups attached to an aromatic ring is 1. The molecule has 0 bridgehead atoms.